The van der Waals surface area contributed by atoms with Gasteiger partial charge in [-0.1, -0.05) is 6.07 Å². The standard InChI is InChI=1S/C15H15NO3/c1-15(2,13-5-3-4-10-16-13)19-12-8-6-11(7-9-12)14(17)18/h3-10H,1-2H3,(H,17,18). The zero-order valence-electron chi connectivity index (χ0n) is 10.8. The van der Waals surface area contributed by atoms with Crippen LogP contribution in [0.1, 0.15) is 29.9 Å². The lowest BCUT2D eigenvalue weighted by molar-refractivity contribution is 0.0696. The van der Waals surface area contributed by atoms with Gasteiger partial charge < -0.3 is 9.84 Å². The first-order valence-electron chi connectivity index (χ1n) is 5.93. The molecule has 19 heavy (non-hydrogen) atoms. The number of aromatic nitrogens is 1. The molecule has 0 aliphatic carbocycles. The topological polar surface area (TPSA) is 59.4 Å². The van der Waals surface area contributed by atoms with Crippen LogP contribution in [-0.4, -0.2) is 16.1 Å². The van der Waals surface area contributed by atoms with Crippen molar-refractivity contribution in [2.75, 3.05) is 0 Å². The highest BCUT2D eigenvalue weighted by molar-refractivity contribution is 5.87. The van der Waals surface area contributed by atoms with E-state index in [1.165, 1.54) is 12.1 Å². The lowest BCUT2D eigenvalue weighted by atomic mass is 10.0. The molecule has 0 aliphatic rings. The summed E-state index contributed by atoms with van der Waals surface area (Å²) >= 11 is 0. The van der Waals surface area contributed by atoms with Crippen molar-refractivity contribution in [3.05, 3.63) is 59.9 Å². The summed E-state index contributed by atoms with van der Waals surface area (Å²) in [6, 6.07) is 12.0. The van der Waals surface area contributed by atoms with Crippen LogP contribution in [0.2, 0.25) is 0 Å². The summed E-state index contributed by atoms with van der Waals surface area (Å²) < 4.78 is 5.87. The number of hydrogen-bond donors (Lipinski definition) is 1. The van der Waals surface area contributed by atoms with Crippen molar-refractivity contribution in [1.29, 1.82) is 0 Å². The maximum Gasteiger partial charge on any atom is 0.335 e. The van der Waals surface area contributed by atoms with Gasteiger partial charge in [0.05, 0.1) is 11.3 Å². The van der Waals surface area contributed by atoms with E-state index in [4.69, 9.17) is 9.84 Å². The molecule has 1 aromatic heterocycles. The molecule has 0 atom stereocenters. The summed E-state index contributed by atoms with van der Waals surface area (Å²) in [5, 5.41) is 8.84. The smallest absolute Gasteiger partial charge is 0.335 e. The molecular formula is C15H15NO3. The Morgan fingerprint density at radius 1 is 1.16 bits per heavy atom. The summed E-state index contributed by atoms with van der Waals surface area (Å²) in [5.41, 5.74) is 0.478. The molecule has 0 amide bonds. The van der Waals surface area contributed by atoms with Gasteiger partial charge in [-0.25, -0.2) is 4.79 Å². The molecule has 2 aromatic rings. The Balaban J connectivity index is 2.18. The zero-order chi connectivity index (χ0) is 13.9. The van der Waals surface area contributed by atoms with Crippen LogP contribution >= 0.6 is 0 Å². The summed E-state index contributed by atoms with van der Waals surface area (Å²) in [7, 11) is 0. The highest BCUT2D eigenvalue weighted by Crippen LogP contribution is 2.26. The van der Waals surface area contributed by atoms with Gasteiger partial charge in [-0.05, 0) is 50.2 Å². The largest absolute Gasteiger partial charge is 0.482 e. The van der Waals surface area contributed by atoms with Crippen molar-refractivity contribution in [2.45, 2.75) is 19.4 Å². The van der Waals surface area contributed by atoms with Gasteiger partial charge >= 0.3 is 5.97 Å². The van der Waals surface area contributed by atoms with Gasteiger partial charge in [0.1, 0.15) is 11.4 Å². The average Bonchev–Trinajstić information content (AvgIpc) is 2.40. The Labute approximate surface area is 111 Å². The molecule has 0 spiro atoms. The Hall–Kier alpha value is -2.36. The van der Waals surface area contributed by atoms with Crippen molar-refractivity contribution in [3.8, 4) is 5.75 Å². The zero-order valence-corrected chi connectivity index (χ0v) is 10.8. The van der Waals surface area contributed by atoms with Gasteiger partial charge in [0.25, 0.3) is 0 Å². The van der Waals surface area contributed by atoms with Crippen LogP contribution in [0.3, 0.4) is 0 Å². The third-order valence-corrected chi connectivity index (χ3v) is 2.76. The van der Waals surface area contributed by atoms with Crippen LogP contribution in [0.25, 0.3) is 0 Å². The number of carboxylic acid groups (broad SMARTS) is 1. The Kier molecular flexibility index (Phi) is 3.51. The lowest BCUT2D eigenvalue weighted by Gasteiger charge is -2.25. The molecule has 4 heteroatoms. The minimum atomic E-state index is -0.949. The number of benzene rings is 1. The molecule has 0 radical (unpaired) electrons. The van der Waals surface area contributed by atoms with Crippen molar-refractivity contribution in [3.63, 3.8) is 0 Å². The Bertz CT molecular complexity index is 562. The van der Waals surface area contributed by atoms with E-state index in [-0.39, 0.29) is 5.56 Å². The highest BCUT2D eigenvalue weighted by Gasteiger charge is 2.23. The molecule has 1 heterocycles. The fourth-order valence-corrected chi connectivity index (χ4v) is 1.73. The SMILES string of the molecule is CC(C)(Oc1ccc(C(=O)O)cc1)c1ccccn1. The first-order valence-corrected chi connectivity index (χ1v) is 5.93. The van der Waals surface area contributed by atoms with E-state index in [9.17, 15) is 4.79 Å². The third kappa shape index (κ3) is 3.10. The maximum atomic E-state index is 10.8. The minimum Gasteiger partial charge on any atom is -0.482 e. The normalized spacial score (nSPS) is 11.1. The molecule has 0 unspecified atom stereocenters. The molecule has 1 aromatic carbocycles. The second-order valence-corrected chi connectivity index (χ2v) is 4.66. The average molecular weight is 257 g/mol. The van der Waals surface area contributed by atoms with E-state index in [0.29, 0.717) is 5.75 Å². The second-order valence-electron chi connectivity index (χ2n) is 4.66. The van der Waals surface area contributed by atoms with Crippen molar-refractivity contribution in [1.82, 2.24) is 4.98 Å². The number of pyridine rings is 1. The van der Waals surface area contributed by atoms with Crippen molar-refractivity contribution >= 4 is 5.97 Å². The number of rotatable bonds is 4. The number of carbonyl (C=O) groups is 1. The minimum absolute atomic E-state index is 0.239. The van der Waals surface area contributed by atoms with Gasteiger partial charge in [-0.2, -0.15) is 0 Å². The van der Waals surface area contributed by atoms with Gasteiger partial charge in [-0.3, -0.25) is 4.98 Å². The summed E-state index contributed by atoms with van der Waals surface area (Å²) in [4.78, 5) is 15.0. The van der Waals surface area contributed by atoms with Crippen LogP contribution in [-0.2, 0) is 5.60 Å². The highest BCUT2D eigenvalue weighted by atomic mass is 16.5. The molecule has 4 nitrogen and oxygen atoms in total. The number of aromatic carboxylic acids is 1. The van der Waals surface area contributed by atoms with E-state index < -0.39 is 11.6 Å². The lowest BCUT2D eigenvalue weighted by Crippen LogP contribution is -2.26. The molecular weight excluding hydrogens is 242 g/mol. The number of nitrogens with zero attached hydrogens (tertiary/aromatic N) is 1. The molecule has 1 N–H and O–H groups in total. The number of carboxylic acids is 1. The molecule has 0 saturated heterocycles. The van der Waals surface area contributed by atoms with Crippen LogP contribution in [0.4, 0.5) is 0 Å². The first kappa shape index (κ1) is 13.1. The van der Waals surface area contributed by atoms with Gasteiger partial charge in [0.15, 0.2) is 0 Å². The van der Waals surface area contributed by atoms with Crippen LogP contribution < -0.4 is 4.74 Å². The van der Waals surface area contributed by atoms with E-state index in [2.05, 4.69) is 4.98 Å². The molecule has 0 fully saturated rings. The molecule has 0 bridgehead atoms. The Morgan fingerprint density at radius 2 is 1.84 bits per heavy atom. The predicted octanol–water partition coefficient (Wildman–Crippen LogP) is 3.09. The Morgan fingerprint density at radius 3 is 2.37 bits per heavy atom. The van der Waals surface area contributed by atoms with E-state index >= 15 is 0 Å². The summed E-state index contributed by atoms with van der Waals surface area (Å²) in [6.45, 7) is 3.83. The predicted molar refractivity (Wildman–Crippen MR) is 71.3 cm³/mol. The fraction of sp³-hybridized carbons (Fsp3) is 0.200. The van der Waals surface area contributed by atoms with E-state index in [0.717, 1.165) is 5.69 Å². The van der Waals surface area contributed by atoms with Gasteiger partial charge in [-0.15, -0.1) is 0 Å². The van der Waals surface area contributed by atoms with Crippen LogP contribution in [0, 0.1) is 0 Å². The summed E-state index contributed by atoms with van der Waals surface area (Å²) in [6.07, 6.45) is 1.72. The molecule has 98 valence electrons. The van der Waals surface area contributed by atoms with Gasteiger partial charge in [0, 0.05) is 6.20 Å². The quantitative estimate of drug-likeness (QED) is 0.914. The van der Waals surface area contributed by atoms with Gasteiger partial charge in [0.2, 0.25) is 0 Å². The third-order valence-electron chi connectivity index (χ3n) is 2.76. The molecule has 0 aliphatic heterocycles. The van der Waals surface area contributed by atoms with E-state index in [1.807, 2.05) is 32.0 Å². The maximum absolute atomic E-state index is 10.8. The monoisotopic (exact) mass is 257 g/mol. The van der Waals surface area contributed by atoms with E-state index in [1.54, 1.807) is 18.3 Å². The second kappa shape index (κ2) is 5.10. The number of hydrogen-bond acceptors (Lipinski definition) is 3. The number of ether oxygens (including phenoxy) is 1. The molecule has 2 rings (SSSR count). The fourth-order valence-electron chi connectivity index (χ4n) is 1.73. The van der Waals surface area contributed by atoms with Crippen molar-refractivity contribution in [2.24, 2.45) is 0 Å². The first-order chi connectivity index (χ1) is 8.99. The van der Waals surface area contributed by atoms with Crippen LogP contribution in [0.5, 0.6) is 5.75 Å². The van der Waals surface area contributed by atoms with Crippen molar-refractivity contribution < 1.29 is 14.6 Å². The van der Waals surface area contributed by atoms with Crippen LogP contribution in [0.15, 0.2) is 48.7 Å². The molecule has 0 saturated carbocycles. The summed E-state index contributed by atoms with van der Waals surface area (Å²) in [5.74, 6) is -0.337.